The normalized spacial score (nSPS) is 24.3. The van der Waals surface area contributed by atoms with Gasteiger partial charge < -0.3 is 5.11 Å². The van der Waals surface area contributed by atoms with E-state index in [1.54, 1.807) is 0 Å². The van der Waals surface area contributed by atoms with E-state index < -0.39 is 0 Å². The van der Waals surface area contributed by atoms with E-state index in [0.29, 0.717) is 6.61 Å². The van der Waals surface area contributed by atoms with Gasteiger partial charge in [-0.2, -0.15) is 5.06 Å². The molecule has 1 aromatic carbocycles. The minimum absolute atomic E-state index is 0.0577. The number of hydrogen-bond donors (Lipinski definition) is 1. The fourth-order valence-electron chi connectivity index (χ4n) is 3.93. The molecule has 0 aromatic heterocycles. The zero-order valence-electron chi connectivity index (χ0n) is 14.5. The summed E-state index contributed by atoms with van der Waals surface area (Å²) in [6, 6.07) is 10.5. The lowest BCUT2D eigenvalue weighted by Gasteiger charge is -2.55. The summed E-state index contributed by atoms with van der Waals surface area (Å²) in [6.45, 7) is 9.44. The van der Waals surface area contributed by atoms with Crippen LogP contribution < -0.4 is 0 Å². The van der Waals surface area contributed by atoms with Crippen molar-refractivity contribution in [2.24, 2.45) is 0 Å². The zero-order valence-corrected chi connectivity index (χ0v) is 14.5. The second-order valence-corrected chi connectivity index (χ2v) is 7.17. The van der Waals surface area contributed by atoms with E-state index in [4.69, 9.17) is 4.84 Å². The molecule has 0 spiro atoms. The van der Waals surface area contributed by atoms with Gasteiger partial charge in [-0.15, -0.1) is 0 Å². The molecule has 1 heterocycles. The minimum atomic E-state index is -0.233. The molecule has 0 saturated carbocycles. The predicted octanol–water partition coefficient (Wildman–Crippen LogP) is 3.95. The van der Waals surface area contributed by atoms with Gasteiger partial charge in [0.05, 0.1) is 12.7 Å². The molecule has 1 atom stereocenters. The van der Waals surface area contributed by atoms with Crippen LogP contribution in [0.25, 0.3) is 0 Å². The van der Waals surface area contributed by atoms with Crippen LogP contribution in [0.2, 0.25) is 0 Å². The van der Waals surface area contributed by atoms with E-state index >= 15 is 0 Å². The fourth-order valence-corrected chi connectivity index (χ4v) is 3.93. The van der Waals surface area contributed by atoms with Gasteiger partial charge in [-0.25, -0.2) is 0 Å². The highest BCUT2D eigenvalue weighted by molar-refractivity contribution is 5.14. The molecule has 22 heavy (non-hydrogen) atoms. The Bertz CT molecular complexity index is 454. The van der Waals surface area contributed by atoms with Crippen LogP contribution in [0.1, 0.15) is 58.9 Å². The smallest absolute Gasteiger partial charge is 0.0725 e. The van der Waals surface area contributed by atoms with Crippen molar-refractivity contribution in [3.63, 3.8) is 0 Å². The molecule has 1 saturated heterocycles. The molecule has 1 fully saturated rings. The van der Waals surface area contributed by atoms with Gasteiger partial charge in [-0.1, -0.05) is 44.2 Å². The van der Waals surface area contributed by atoms with Crippen molar-refractivity contribution in [2.75, 3.05) is 6.61 Å². The molecule has 0 aliphatic carbocycles. The number of aliphatic hydroxyl groups is 1. The highest BCUT2D eigenvalue weighted by atomic mass is 16.7. The number of rotatable bonds is 6. The molecule has 2 rings (SSSR count). The van der Waals surface area contributed by atoms with Gasteiger partial charge in [0, 0.05) is 11.1 Å². The van der Waals surface area contributed by atoms with E-state index in [9.17, 15) is 5.11 Å². The quantitative estimate of drug-likeness (QED) is 0.863. The van der Waals surface area contributed by atoms with E-state index in [1.165, 1.54) is 5.56 Å². The Hall–Kier alpha value is -0.900. The molecular formula is C19H31NO2. The summed E-state index contributed by atoms with van der Waals surface area (Å²) in [5, 5.41) is 12.5. The first-order valence-corrected chi connectivity index (χ1v) is 8.59. The summed E-state index contributed by atoms with van der Waals surface area (Å²) >= 11 is 0. The van der Waals surface area contributed by atoms with Crippen LogP contribution in [0, 0.1) is 0 Å². The van der Waals surface area contributed by atoms with Crippen molar-refractivity contribution in [2.45, 2.75) is 77.0 Å². The molecule has 1 aromatic rings. The molecule has 3 nitrogen and oxygen atoms in total. The van der Waals surface area contributed by atoms with Crippen molar-refractivity contribution in [1.29, 1.82) is 0 Å². The summed E-state index contributed by atoms with van der Waals surface area (Å²) in [4.78, 5) is 6.27. The molecular weight excluding hydrogens is 274 g/mol. The van der Waals surface area contributed by atoms with Gasteiger partial charge in [0.25, 0.3) is 0 Å². The Morgan fingerprint density at radius 3 is 2.36 bits per heavy atom. The Kier molecular flexibility index (Phi) is 5.65. The number of nitrogens with zero attached hydrogens (tertiary/aromatic N) is 1. The summed E-state index contributed by atoms with van der Waals surface area (Å²) in [5.74, 6) is 0. The maximum Gasteiger partial charge on any atom is 0.0725 e. The van der Waals surface area contributed by atoms with Gasteiger partial charge in [-0.05, 0) is 51.5 Å². The first-order valence-electron chi connectivity index (χ1n) is 8.59. The third-order valence-corrected chi connectivity index (χ3v) is 5.10. The molecule has 1 unspecified atom stereocenters. The number of aliphatic hydroxyl groups excluding tert-OH is 1. The fraction of sp³-hybridized carbons (Fsp3) is 0.684. The number of benzene rings is 1. The third kappa shape index (κ3) is 3.70. The molecule has 1 aliphatic heterocycles. The van der Waals surface area contributed by atoms with Crippen molar-refractivity contribution < 1.29 is 9.94 Å². The van der Waals surface area contributed by atoms with Crippen LogP contribution in [0.15, 0.2) is 30.3 Å². The summed E-state index contributed by atoms with van der Waals surface area (Å²) in [7, 11) is 0. The molecule has 3 heteroatoms. The van der Waals surface area contributed by atoms with E-state index in [0.717, 1.165) is 32.1 Å². The zero-order chi connectivity index (χ0) is 16.2. The van der Waals surface area contributed by atoms with E-state index in [1.807, 2.05) is 6.07 Å². The summed E-state index contributed by atoms with van der Waals surface area (Å²) in [5.41, 5.74) is 1.11. The molecule has 0 amide bonds. The highest BCUT2D eigenvalue weighted by Crippen LogP contribution is 2.42. The Morgan fingerprint density at radius 2 is 1.77 bits per heavy atom. The SMILES string of the molecule is CCC1(CC)CC(O)CC(C)(C)N1OCCc1ccccc1. The molecule has 1 N–H and O–H groups in total. The van der Waals surface area contributed by atoms with Crippen LogP contribution in [-0.2, 0) is 11.3 Å². The van der Waals surface area contributed by atoms with Gasteiger partial charge in [0.2, 0.25) is 0 Å². The van der Waals surface area contributed by atoms with Gasteiger partial charge >= 0.3 is 0 Å². The summed E-state index contributed by atoms with van der Waals surface area (Å²) < 4.78 is 0. The number of hydroxylamine groups is 2. The van der Waals surface area contributed by atoms with Crippen LogP contribution in [-0.4, -0.2) is 34.0 Å². The topological polar surface area (TPSA) is 32.7 Å². The monoisotopic (exact) mass is 305 g/mol. The average molecular weight is 305 g/mol. The van der Waals surface area contributed by atoms with Crippen LogP contribution >= 0.6 is 0 Å². The van der Waals surface area contributed by atoms with Crippen molar-refractivity contribution in [3.8, 4) is 0 Å². The third-order valence-electron chi connectivity index (χ3n) is 5.10. The molecule has 0 radical (unpaired) electrons. The number of piperidine rings is 1. The standard InChI is InChI=1S/C19H31NO2/c1-5-19(6-2)15-17(21)14-18(3,4)20(19)22-13-12-16-10-8-7-9-11-16/h7-11,17,21H,5-6,12-15H2,1-4H3. The Morgan fingerprint density at radius 1 is 1.14 bits per heavy atom. The van der Waals surface area contributed by atoms with Gasteiger partial charge in [-0.3, -0.25) is 4.84 Å². The lowest BCUT2D eigenvalue weighted by molar-refractivity contribution is -0.302. The second kappa shape index (κ2) is 7.12. The minimum Gasteiger partial charge on any atom is -0.393 e. The van der Waals surface area contributed by atoms with Crippen molar-refractivity contribution in [3.05, 3.63) is 35.9 Å². The lowest BCUT2D eigenvalue weighted by atomic mass is 9.75. The maximum atomic E-state index is 10.3. The van der Waals surface area contributed by atoms with Gasteiger partial charge in [0.1, 0.15) is 0 Å². The molecule has 124 valence electrons. The average Bonchev–Trinajstić information content (AvgIpc) is 2.49. The predicted molar refractivity (Wildman–Crippen MR) is 90.6 cm³/mol. The van der Waals surface area contributed by atoms with Crippen LogP contribution in [0.4, 0.5) is 0 Å². The first-order chi connectivity index (χ1) is 10.4. The second-order valence-electron chi connectivity index (χ2n) is 7.17. The first kappa shape index (κ1) is 17.5. The molecule has 0 bridgehead atoms. The largest absolute Gasteiger partial charge is 0.393 e. The van der Waals surface area contributed by atoms with Crippen LogP contribution in [0.5, 0.6) is 0 Å². The van der Waals surface area contributed by atoms with E-state index in [-0.39, 0.29) is 17.2 Å². The summed E-state index contributed by atoms with van der Waals surface area (Å²) in [6.07, 6.45) is 4.24. The maximum absolute atomic E-state index is 10.3. The number of hydrogen-bond acceptors (Lipinski definition) is 3. The van der Waals surface area contributed by atoms with Gasteiger partial charge in [0.15, 0.2) is 0 Å². The van der Waals surface area contributed by atoms with E-state index in [2.05, 4.69) is 57.0 Å². The van der Waals surface area contributed by atoms with Crippen molar-refractivity contribution >= 4 is 0 Å². The lowest BCUT2D eigenvalue weighted by Crippen LogP contribution is -2.63. The molecule has 1 aliphatic rings. The van der Waals surface area contributed by atoms with Crippen LogP contribution in [0.3, 0.4) is 0 Å². The highest BCUT2D eigenvalue weighted by Gasteiger charge is 2.49. The Labute approximate surface area is 135 Å². The van der Waals surface area contributed by atoms with Crippen molar-refractivity contribution in [1.82, 2.24) is 5.06 Å². The Balaban J connectivity index is 2.07.